The lowest BCUT2D eigenvalue weighted by Gasteiger charge is -2.40. The Hall–Kier alpha value is -3.08. The number of ether oxygens (including phenoxy) is 8. The van der Waals surface area contributed by atoms with Crippen molar-refractivity contribution in [3.05, 3.63) is 35.4 Å². The largest absolute Gasteiger partial charge is 0.502 e. The summed E-state index contributed by atoms with van der Waals surface area (Å²) < 4.78 is 45.2. The minimum atomic E-state index is -1.61. The van der Waals surface area contributed by atoms with E-state index in [9.17, 15) is 30.6 Å². The van der Waals surface area contributed by atoms with E-state index in [2.05, 4.69) is 0 Å². The van der Waals surface area contributed by atoms with Crippen LogP contribution >= 0.6 is 0 Å². The van der Waals surface area contributed by atoms with Crippen LogP contribution in [0.3, 0.4) is 0 Å². The third-order valence-electron chi connectivity index (χ3n) is 8.01. The third kappa shape index (κ3) is 6.42. The van der Waals surface area contributed by atoms with E-state index in [-0.39, 0.29) is 47.7 Å². The van der Waals surface area contributed by atoms with Gasteiger partial charge in [-0.05, 0) is 35.4 Å². The molecule has 9 atom stereocenters. The van der Waals surface area contributed by atoms with Gasteiger partial charge in [0.15, 0.2) is 29.3 Å². The molecule has 2 aliphatic rings. The summed E-state index contributed by atoms with van der Waals surface area (Å²) in [7, 11) is 7.16. The van der Waals surface area contributed by atoms with Gasteiger partial charge in [0.1, 0.15) is 24.4 Å². The van der Waals surface area contributed by atoms with E-state index in [4.69, 9.17) is 37.9 Å². The maximum Gasteiger partial charge on any atom is 0.200 e. The summed E-state index contributed by atoms with van der Waals surface area (Å²) in [5, 5.41) is 61.6. The lowest BCUT2D eigenvalue weighted by atomic mass is 9.82. The molecule has 0 aromatic heterocycles. The zero-order chi connectivity index (χ0) is 31.4. The number of aromatic hydroxyl groups is 2. The van der Waals surface area contributed by atoms with Gasteiger partial charge in [0.05, 0.1) is 60.5 Å². The first-order valence-electron chi connectivity index (χ1n) is 13.6. The van der Waals surface area contributed by atoms with Crippen molar-refractivity contribution in [1.29, 1.82) is 0 Å². The van der Waals surface area contributed by atoms with E-state index in [1.54, 1.807) is 24.3 Å². The first-order chi connectivity index (χ1) is 20.6. The van der Waals surface area contributed by atoms with Crippen molar-refractivity contribution in [1.82, 2.24) is 0 Å². The van der Waals surface area contributed by atoms with Gasteiger partial charge in [-0.1, -0.05) is 0 Å². The van der Waals surface area contributed by atoms with E-state index in [1.165, 1.54) is 35.5 Å². The van der Waals surface area contributed by atoms with Gasteiger partial charge in [-0.2, -0.15) is 0 Å². The molecule has 240 valence electrons. The SMILES string of the molecule is COc1cc([C@H](OC)[C@@H]2CO[C@@H](c3cc(OC)c(O)c(OC)c3)[C@@H]2CO[C@@H]2O[C@H](CO)[C@@H](O)[C@H](O)[C@H]2O)cc(OC)c1O. The molecule has 2 saturated heterocycles. The number of phenols is 2. The van der Waals surface area contributed by atoms with Crippen molar-refractivity contribution in [3.63, 3.8) is 0 Å². The van der Waals surface area contributed by atoms with E-state index in [0.717, 1.165) is 0 Å². The Morgan fingerprint density at radius 3 is 1.81 bits per heavy atom. The van der Waals surface area contributed by atoms with Gasteiger partial charge in [0.2, 0.25) is 11.5 Å². The Bertz CT molecular complexity index is 1170. The molecule has 2 aromatic rings. The summed E-state index contributed by atoms with van der Waals surface area (Å²) in [4.78, 5) is 0. The van der Waals surface area contributed by atoms with Crippen molar-refractivity contribution in [2.24, 2.45) is 11.8 Å². The van der Waals surface area contributed by atoms with Crippen LogP contribution in [-0.2, 0) is 18.9 Å². The molecular formula is C29H40O14. The molecule has 0 amide bonds. The second kappa shape index (κ2) is 14.1. The fourth-order valence-corrected chi connectivity index (χ4v) is 5.68. The van der Waals surface area contributed by atoms with Gasteiger partial charge < -0.3 is 68.5 Å². The van der Waals surface area contributed by atoms with E-state index < -0.39 is 61.4 Å². The molecule has 14 nitrogen and oxygen atoms in total. The molecule has 2 heterocycles. The zero-order valence-corrected chi connectivity index (χ0v) is 24.6. The molecule has 43 heavy (non-hydrogen) atoms. The standard InChI is InChI=1S/C29H40O14/c1-36-17-6-13(7-18(37-2)22(17)31)27(40-5)15-11-41-28(14-8-19(38-3)23(32)20(9-14)39-4)16(15)12-42-29-26(35)25(34)24(33)21(10-30)43-29/h6-9,15-16,21,24-35H,10-12H2,1-5H3/t15-,16-,21-,24-,25+,26-,27+,28+,29-/m1/s1. The van der Waals surface area contributed by atoms with Crippen molar-refractivity contribution >= 4 is 0 Å². The predicted octanol–water partition coefficient (Wildman–Crippen LogP) is 0.640. The average Bonchev–Trinajstić information content (AvgIpc) is 3.43. The Kier molecular flexibility index (Phi) is 10.8. The maximum absolute atomic E-state index is 10.6. The number of hydrogen-bond acceptors (Lipinski definition) is 14. The Balaban J connectivity index is 1.72. The van der Waals surface area contributed by atoms with E-state index in [1.807, 2.05) is 0 Å². The predicted molar refractivity (Wildman–Crippen MR) is 148 cm³/mol. The highest BCUT2D eigenvalue weighted by atomic mass is 16.7. The van der Waals surface area contributed by atoms with Crippen molar-refractivity contribution < 1.29 is 68.5 Å². The molecule has 2 aliphatic heterocycles. The van der Waals surface area contributed by atoms with Gasteiger partial charge in [-0.3, -0.25) is 0 Å². The first kappa shape index (κ1) is 32.8. The number of hydrogen-bond donors (Lipinski definition) is 6. The van der Waals surface area contributed by atoms with Crippen LogP contribution in [0.15, 0.2) is 24.3 Å². The molecule has 0 aliphatic carbocycles. The number of rotatable bonds is 12. The highest BCUT2D eigenvalue weighted by Gasteiger charge is 2.47. The molecule has 14 heteroatoms. The normalized spacial score (nSPS) is 29.7. The Labute approximate surface area is 248 Å². The number of benzene rings is 2. The van der Waals surface area contributed by atoms with Gasteiger partial charge >= 0.3 is 0 Å². The van der Waals surface area contributed by atoms with Crippen LogP contribution in [0.1, 0.15) is 23.3 Å². The molecule has 4 rings (SSSR count). The number of aliphatic hydroxyl groups is 4. The van der Waals surface area contributed by atoms with E-state index >= 15 is 0 Å². The summed E-state index contributed by atoms with van der Waals surface area (Å²) in [5.74, 6) is -0.613. The van der Waals surface area contributed by atoms with Crippen molar-refractivity contribution in [3.8, 4) is 34.5 Å². The van der Waals surface area contributed by atoms with Gasteiger partial charge in [0.25, 0.3) is 0 Å². The second-order valence-electron chi connectivity index (χ2n) is 10.3. The van der Waals surface area contributed by atoms with Gasteiger partial charge in [-0.15, -0.1) is 0 Å². The minimum Gasteiger partial charge on any atom is -0.502 e. The van der Waals surface area contributed by atoms with Crippen LogP contribution in [0.4, 0.5) is 0 Å². The smallest absolute Gasteiger partial charge is 0.200 e. The average molecular weight is 613 g/mol. The first-order valence-corrected chi connectivity index (χ1v) is 13.6. The van der Waals surface area contributed by atoms with Crippen LogP contribution in [0.5, 0.6) is 34.5 Å². The minimum absolute atomic E-state index is 0.101. The maximum atomic E-state index is 10.6. The van der Waals surface area contributed by atoms with Crippen LogP contribution < -0.4 is 18.9 Å². The number of methoxy groups -OCH3 is 5. The molecule has 0 unspecified atom stereocenters. The van der Waals surface area contributed by atoms with Crippen molar-refractivity contribution in [2.45, 2.75) is 42.9 Å². The lowest BCUT2D eigenvalue weighted by molar-refractivity contribution is -0.304. The van der Waals surface area contributed by atoms with Crippen LogP contribution in [0.2, 0.25) is 0 Å². The molecule has 2 aromatic carbocycles. The molecular weight excluding hydrogens is 572 g/mol. The summed E-state index contributed by atoms with van der Waals surface area (Å²) in [6, 6.07) is 6.48. The lowest BCUT2D eigenvalue weighted by Crippen LogP contribution is -2.59. The number of phenolic OH excluding ortho intramolecular Hbond substituents is 2. The quantitative estimate of drug-likeness (QED) is 0.195. The summed E-state index contributed by atoms with van der Waals surface area (Å²) in [6.45, 7) is -0.537. The van der Waals surface area contributed by atoms with E-state index in [0.29, 0.717) is 11.1 Å². The molecule has 0 saturated carbocycles. The monoisotopic (exact) mass is 612 g/mol. The van der Waals surface area contributed by atoms with Gasteiger partial charge in [0, 0.05) is 18.9 Å². The van der Waals surface area contributed by atoms with Crippen molar-refractivity contribution in [2.75, 3.05) is 55.4 Å². The molecule has 0 spiro atoms. The zero-order valence-electron chi connectivity index (χ0n) is 24.6. The summed E-state index contributed by atoms with van der Waals surface area (Å²) in [6.07, 6.45) is -8.59. The Morgan fingerprint density at radius 2 is 1.33 bits per heavy atom. The molecule has 2 fully saturated rings. The fourth-order valence-electron chi connectivity index (χ4n) is 5.68. The highest BCUT2D eigenvalue weighted by molar-refractivity contribution is 5.54. The summed E-state index contributed by atoms with van der Waals surface area (Å²) in [5.41, 5.74) is 1.20. The topological polar surface area (TPSA) is 195 Å². The third-order valence-corrected chi connectivity index (χ3v) is 8.01. The van der Waals surface area contributed by atoms with Crippen LogP contribution in [0, 0.1) is 11.8 Å². The second-order valence-corrected chi connectivity index (χ2v) is 10.3. The molecule has 0 bridgehead atoms. The van der Waals surface area contributed by atoms with Crippen LogP contribution in [-0.4, -0.2) is 117 Å². The molecule has 6 N–H and O–H groups in total. The highest BCUT2D eigenvalue weighted by Crippen LogP contribution is 2.50. The Morgan fingerprint density at radius 1 is 0.791 bits per heavy atom. The molecule has 0 radical (unpaired) electrons. The number of aliphatic hydroxyl groups excluding tert-OH is 4. The fraction of sp³-hybridized carbons (Fsp3) is 0.586. The van der Waals surface area contributed by atoms with Crippen LogP contribution in [0.25, 0.3) is 0 Å². The van der Waals surface area contributed by atoms with Gasteiger partial charge in [-0.25, -0.2) is 0 Å². The summed E-state index contributed by atoms with van der Waals surface area (Å²) >= 11 is 0.